The summed E-state index contributed by atoms with van der Waals surface area (Å²) in [4.78, 5) is 12.5. The lowest BCUT2D eigenvalue weighted by atomic mass is 10.1. The van der Waals surface area contributed by atoms with Crippen molar-refractivity contribution >= 4 is 17.5 Å². The molecule has 0 spiro atoms. The standard InChI is InChI=1S/C13H23ClF3NO/c1-2-3-4-5-6-7-8-12(19)18(10-9-14)11-13(15,16)17/h2-11H2,1H3. The zero-order chi connectivity index (χ0) is 14.7. The first-order valence-electron chi connectivity index (χ1n) is 6.81. The van der Waals surface area contributed by atoms with Crippen LogP contribution in [0.25, 0.3) is 0 Å². The van der Waals surface area contributed by atoms with E-state index in [0.29, 0.717) is 6.42 Å². The van der Waals surface area contributed by atoms with Gasteiger partial charge in [-0.15, -0.1) is 11.6 Å². The second kappa shape index (κ2) is 10.4. The van der Waals surface area contributed by atoms with Gasteiger partial charge in [0.25, 0.3) is 0 Å². The van der Waals surface area contributed by atoms with Gasteiger partial charge in [0, 0.05) is 18.8 Å². The topological polar surface area (TPSA) is 20.3 Å². The van der Waals surface area contributed by atoms with Crippen LogP contribution in [-0.2, 0) is 4.79 Å². The largest absolute Gasteiger partial charge is 0.406 e. The van der Waals surface area contributed by atoms with Gasteiger partial charge in [0.15, 0.2) is 0 Å². The lowest BCUT2D eigenvalue weighted by molar-refractivity contribution is -0.160. The summed E-state index contributed by atoms with van der Waals surface area (Å²) < 4.78 is 36.8. The predicted molar refractivity (Wildman–Crippen MR) is 71.3 cm³/mol. The Kier molecular flexibility index (Phi) is 10.1. The summed E-state index contributed by atoms with van der Waals surface area (Å²) in [5, 5.41) is 0. The van der Waals surface area contributed by atoms with Crippen molar-refractivity contribution in [3.63, 3.8) is 0 Å². The monoisotopic (exact) mass is 301 g/mol. The van der Waals surface area contributed by atoms with Crippen LogP contribution in [0.15, 0.2) is 0 Å². The van der Waals surface area contributed by atoms with Crippen molar-refractivity contribution in [2.24, 2.45) is 0 Å². The molecule has 0 aromatic carbocycles. The van der Waals surface area contributed by atoms with Crippen LogP contribution in [0.2, 0.25) is 0 Å². The smallest absolute Gasteiger partial charge is 0.332 e. The molecule has 0 aromatic rings. The highest BCUT2D eigenvalue weighted by atomic mass is 35.5. The second-order valence-electron chi connectivity index (χ2n) is 4.64. The van der Waals surface area contributed by atoms with Gasteiger partial charge in [0.2, 0.25) is 5.91 Å². The Hall–Kier alpha value is -0.450. The molecule has 0 heterocycles. The van der Waals surface area contributed by atoms with Crippen LogP contribution in [0.3, 0.4) is 0 Å². The number of carbonyl (C=O) groups excluding carboxylic acids is 1. The van der Waals surface area contributed by atoms with Crippen molar-refractivity contribution in [3.8, 4) is 0 Å². The van der Waals surface area contributed by atoms with E-state index in [0.717, 1.165) is 30.6 Å². The number of alkyl halides is 4. The summed E-state index contributed by atoms with van der Waals surface area (Å²) in [6.07, 6.45) is 1.84. The van der Waals surface area contributed by atoms with Crippen molar-refractivity contribution in [1.29, 1.82) is 0 Å². The number of carbonyl (C=O) groups is 1. The van der Waals surface area contributed by atoms with E-state index in [1.807, 2.05) is 0 Å². The van der Waals surface area contributed by atoms with Crippen LogP contribution < -0.4 is 0 Å². The molecule has 0 bridgehead atoms. The van der Waals surface area contributed by atoms with E-state index in [1.54, 1.807) is 0 Å². The first-order chi connectivity index (χ1) is 8.90. The number of amides is 1. The van der Waals surface area contributed by atoms with Gasteiger partial charge in [-0.3, -0.25) is 4.79 Å². The molecule has 0 N–H and O–H groups in total. The molecule has 0 saturated carbocycles. The lowest BCUT2D eigenvalue weighted by Crippen LogP contribution is -2.40. The Morgan fingerprint density at radius 3 is 2.21 bits per heavy atom. The molecule has 1 amide bonds. The normalized spacial score (nSPS) is 11.6. The summed E-state index contributed by atoms with van der Waals surface area (Å²) in [6, 6.07) is 0. The minimum atomic E-state index is -4.36. The number of rotatable bonds is 10. The second-order valence-corrected chi connectivity index (χ2v) is 5.02. The minimum Gasteiger partial charge on any atom is -0.332 e. The summed E-state index contributed by atoms with van der Waals surface area (Å²) >= 11 is 5.43. The van der Waals surface area contributed by atoms with Crippen molar-refractivity contribution in [3.05, 3.63) is 0 Å². The van der Waals surface area contributed by atoms with Gasteiger partial charge < -0.3 is 4.90 Å². The van der Waals surface area contributed by atoms with Crippen LogP contribution in [0.4, 0.5) is 13.2 Å². The van der Waals surface area contributed by atoms with Crippen molar-refractivity contribution in [1.82, 2.24) is 4.90 Å². The SMILES string of the molecule is CCCCCCCCC(=O)N(CCCl)CC(F)(F)F. The third-order valence-electron chi connectivity index (χ3n) is 2.82. The first-order valence-corrected chi connectivity index (χ1v) is 7.34. The summed E-state index contributed by atoms with van der Waals surface area (Å²) in [5.41, 5.74) is 0. The van der Waals surface area contributed by atoms with Gasteiger partial charge in [-0.05, 0) is 6.42 Å². The third-order valence-corrected chi connectivity index (χ3v) is 2.99. The average Bonchev–Trinajstić information content (AvgIpc) is 2.31. The van der Waals surface area contributed by atoms with Crippen LogP contribution in [0, 0.1) is 0 Å². The third kappa shape index (κ3) is 11.1. The number of nitrogens with zero attached hydrogens (tertiary/aromatic N) is 1. The molecule has 0 aromatic heterocycles. The van der Waals surface area contributed by atoms with Gasteiger partial charge in [0.05, 0.1) is 0 Å². The highest BCUT2D eigenvalue weighted by Crippen LogP contribution is 2.17. The number of hydrogen-bond acceptors (Lipinski definition) is 1. The molecule has 0 rings (SSSR count). The zero-order valence-electron chi connectivity index (χ0n) is 11.4. The number of unbranched alkanes of at least 4 members (excludes halogenated alkanes) is 5. The molecule has 0 fully saturated rings. The quantitative estimate of drug-likeness (QED) is 0.433. The van der Waals surface area contributed by atoms with Crippen LogP contribution in [0.1, 0.15) is 51.9 Å². The highest BCUT2D eigenvalue weighted by molar-refractivity contribution is 6.18. The summed E-state index contributed by atoms with van der Waals surface area (Å²) in [7, 11) is 0. The molecular weight excluding hydrogens is 279 g/mol. The minimum absolute atomic E-state index is 0.0261. The fourth-order valence-corrected chi connectivity index (χ4v) is 2.03. The van der Waals surface area contributed by atoms with E-state index in [2.05, 4.69) is 6.92 Å². The number of halogens is 4. The Labute approximate surface area is 118 Å². The molecule has 0 saturated heterocycles. The zero-order valence-corrected chi connectivity index (χ0v) is 12.2. The Morgan fingerprint density at radius 2 is 1.68 bits per heavy atom. The maximum absolute atomic E-state index is 12.3. The number of hydrogen-bond donors (Lipinski definition) is 0. The van der Waals surface area contributed by atoms with E-state index in [4.69, 9.17) is 11.6 Å². The van der Waals surface area contributed by atoms with Crippen LogP contribution >= 0.6 is 11.6 Å². The van der Waals surface area contributed by atoms with Crippen molar-refractivity contribution in [2.45, 2.75) is 58.0 Å². The van der Waals surface area contributed by atoms with Crippen LogP contribution in [-0.4, -0.2) is 36.0 Å². The Morgan fingerprint density at radius 1 is 1.11 bits per heavy atom. The Balaban J connectivity index is 3.91. The van der Waals surface area contributed by atoms with E-state index in [9.17, 15) is 18.0 Å². The van der Waals surface area contributed by atoms with E-state index >= 15 is 0 Å². The van der Waals surface area contributed by atoms with Crippen molar-refractivity contribution < 1.29 is 18.0 Å². The maximum Gasteiger partial charge on any atom is 0.406 e. The molecule has 6 heteroatoms. The molecule has 2 nitrogen and oxygen atoms in total. The lowest BCUT2D eigenvalue weighted by Gasteiger charge is -2.23. The molecule has 0 unspecified atom stereocenters. The predicted octanol–water partition coefficient (Wildman–Crippen LogP) is 4.37. The Bertz CT molecular complexity index is 247. The fourth-order valence-electron chi connectivity index (χ4n) is 1.83. The molecular formula is C13H23ClF3NO. The van der Waals surface area contributed by atoms with E-state index in [-0.39, 0.29) is 18.8 Å². The molecule has 0 aliphatic carbocycles. The molecule has 0 aliphatic rings. The molecule has 114 valence electrons. The maximum atomic E-state index is 12.3. The summed E-state index contributed by atoms with van der Waals surface area (Å²) in [6.45, 7) is 0.870. The highest BCUT2D eigenvalue weighted by Gasteiger charge is 2.32. The van der Waals surface area contributed by atoms with Gasteiger partial charge in [-0.2, -0.15) is 13.2 Å². The van der Waals surface area contributed by atoms with E-state index in [1.165, 1.54) is 6.42 Å². The molecule has 0 aliphatic heterocycles. The average molecular weight is 302 g/mol. The van der Waals surface area contributed by atoms with Crippen molar-refractivity contribution in [2.75, 3.05) is 19.0 Å². The molecule has 19 heavy (non-hydrogen) atoms. The van der Waals surface area contributed by atoms with Gasteiger partial charge >= 0.3 is 6.18 Å². The first kappa shape index (κ1) is 18.6. The fraction of sp³-hybridized carbons (Fsp3) is 0.923. The summed E-state index contributed by atoms with van der Waals surface area (Å²) in [5.74, 6) is -0.424. The molecule has 0 radical (unpaired) electrons. The van der Waals surface area contributed by atoms with E-state index < -0.39 is 18.6 Å². The van der Waals surface area contributed by atoms with Gasteiger partial charge in [-0.25, -0.2) is 0 Å². The molecule has 0 atom stereocenters. The van der Waals surface area contributed by atoms with Gasteiger partial charge in [0.1, 0.15) is 6.54 Å². The van der Waals surface area contributed by atoms with Crippen LogP contribution in [0.5, 0.6) is 0 Å². The van der Waals surface area contributed by atoms with Gasteiger partial charge in [-0.1, -0.05) is 39.0 Å².